The van der Waals surface area contributed by atoms with E-state index < -0.39 is 0 Å². The molecule has 2 rings (SSSR count). The minimum atomic E-state index is 0.325. The molecule has 0 unspecified atom stereocenters. The lowest BCUT2D eigenvalue weighted by molar-refractivity contribution is 0.268. The maximum Gasteiger partial charge on any atom is 0.146 e. The minimum absolute atomic E-state index is 0.325. The molecule has 0 aliphatic rings. The van der Waals surface area contributed by atoms with Crippen molar-refractivity contribution in [1.29, 1.82) is 0 Å². The van der Waals surface area contributed by atoms with E-state index in [9.17, 15) is 0 Å². The molecular formula is C16H19Cl2NO2. The summed E-state index contributed by atoms with van der Waals surface area (Å²) in [6.45, 7) is 6.40. The number of halogens is 2. The fourth-order valence-electron chi connectivity index (χ4n) is 1.89. The van der Waals surface area contributed by atoms with E-state index in [0.29, 0.717) is 28.3 Å². The van der Waals surface area contributed by atoms with Gasteiger partial charge in [-0.1, -0.05) is 43.1 Å². The number of nitrogens with one attached hydrogen (secondary N) is 1. The van der Waals surface area contributed by atoms with Crippen molar-refractivity contribution in [3.8, 4) is 5.75 Å². The van der Waals surface area contributed by atoms with Crippen LogP contribution in [0, 0.1) is 5.92 Å². The Labute approximate surface area is 135 Å². The van der Waals surface area contributed by atoms with E-state index in [-0.39, 0.29) is 0 Å². The quantitative estimate of drug-likeness (QED) is 0.784. The highest BCUT2D eigenvalue weighted by molar-refractivity contribution is 6.42. The van der Waals surface area contributed by atoms with Gasteiger partial charge in [0.1, 0.15) is 23.1 Å². The first-order valence-corrected chi connectivity index (χ1v) is 7.66. The summed E-state index contributed by atoms with van der Waals surface area (Å²) in [5.41, 5.74) is 1.09. The molecule has 1 aromatic carbocycles. The molecular weight excluding hydrogens is 309 g/mol. The van der Waals surface area contributed by atoms with Crippen LogP contribution < -0.4 is 10.1 Å². The molecule has 2 aromatic rings. The molecule has 0 aliphatic heterocycles. The normalized spacial score (nSPS) is 11.1. The van der Waals surface area contributed by atoms with Crippen LogP contribution in [-0.2, 0) is 13.2 Å². The Balaban J connectivity index is 1.94. The molecule has 5 heteroatoms. The first kappa shape index (κ1) is 16.2. The first-order valence-electron chi connectivity index (χ1n) is 6.90. The van der Waals surface area contributed by atoms with Crippen LogP contribution in [0.25, 0.3) is 0 Å². The van der Waals surface area contributed by atoms with Gasteiger partial charge in [0.05, 0.1) is 11.3 Å². The lowest BCUT2D eigenvalue weighted by Crippen LogP contribution is -2.19. The Morgan fingerprint density at radius 2 is 2.05 bits per heavy atom. The molecule has 0 aliphatic carbocycles. The van der Waals surface area contributed by atoms with Crippen molar-refractivity contribution < 1.29 is 9.15 Å². The topological polar surface area (TPSA) is 34.4 Å². The van der Waals surface area contributed by atoms with E-state index in [1.807, 2.05) is 6.07 Å². The average Bonchev–Trinajstić information content (AvgIpc) is 2.88. The van der Waals surface area contributed by atoms with E-state index in [1.54, 1.807) is 24.5 Å². The van der Waals surface area contributed by atoms with Gasteiger partial charge in [-0.2, -0.15) is 0 Å². The van der Waals surface area contributed by atoms with Crippen LogP contribution in [-0.4, -0.2) is 6.54 Å². The van der Waals surface area contributed by atoms with Crippen LogP contribution in [0.4, 0.5) is 0 Å². The third-order valence-electron chi connectivity index (χ3n) is 2.98. The van der Waals surface area contributed by atoms with Crippen molar-refractivity contribution in [2.45, 2.75) is 27.0 Å². The fraction of sp³-hybridized carbons (Fsp3) is 0.375. The largest absolute Gasteiger partial charge is 0.484 e. The fourth-order valence-corrected chi connectivity index (χ4v) is 2.23. The molecule has 0 bridgehead atoms. The van der Waals surface area contributed by atoms with Crippen molar-refractivity contribution in [3.05, 3.63) is 51.9 Å². The molecule has 0 radical (unpaired) electrons. The molecule has 1 N–H and O–H groups in total. The predicted octanol–water partition coefficient (Wildman–Crippen LogP) is 4.91. The Morgan fingerprint density at radius 1 is 1.24 bits per heavy atom. The zero-order chi connectivity index (χ0) is 15.2. The molecule has 0 fully saturated rings. The zero-order valence-corrected chi connectivity index (χ0v) is 13.7. The molecule has 1 aromatic heterocycles. The van der Waals surface area contributed by atoms with Crippen LogP contribution in [0.1, 0.15) is 25.2 Å². The third kappa shape index (κ3) is 4.67. The lowest BCUT2D eigenvalue weighted by Gasteiger charge is -2.10. The number of hydrogen-bond donors (Lipinski definition) is 1. The van der Waals surface area contributed by atoms with Crippen LogP contribution in [0.2, 0.25) is 10.0 Å². The number of furan rings is 1. The number of rotatable bonds is 7. The minimum Gasteiger partial charge on any atom is -0.484 e. The highest BCUT2D eigenvalue weighted by Crippen LogP contribution is 2.32. The smallest absolute Gasteiger partial charge is 0.146 e. The second kappa shape index (κ2) is 7.74. The van der Waals surface area contributed by atoms with E-state index in [1.165, 1.54) is 0 Å². The first-order chi connectivity index (χ1) is 10.1. The summed E-state index contributed by atoms with van der Waals surface area (Å²) in [7, 11) is 0. The number of hydrogen-bond acceptors (Lipinski definition) is 3. The van der Waals surface area contributed by atoms with Crippen LogP contribution in [0.5, 0.6) is 5.75 Å². The second-order valence-electron chi connectivity index (χ2n) is 5.23. The van der Waals surface area contributed by atoms with E-state index in [4.69, 9.17) is 32.4 Å². The molecule has 0 amide bonds. The van der Waals surface area contributed by atoms with Crippen molar-refractivity contribution in [3.63, 3.8) is 0 Å². The summed E-state index contributed by atoms with van der Waals surface area (Å²) in [5.74, 6) is 1.96. The van der Waals surface area contributed by atoms with Gasteiger partial charge in [-0.05, 0) is 30.7 Å². The molecule has 0 atom stereocenters. The summed E-state index contributed by atoms with van der Waals surface area (Å²) in [5, 5.41) is 4.28. The van der Waals surface area contributed by atoms with Crippen molar-refractivity contribution in [2.24, 2.45) is 5.92 Å². The maximum atomic E-state index is 6.09. The standard InChI is InChI=1S/C16H19Cl2NO2/c1-11(2)8-19-9-12-6-7-20-15(12)10-21-14-5-3-4-13(17)16(14)18/h3-7,11,19H,8-10H2,1-2H3. The van der Waals surface area contributed by atoms with Crippen molar-refractivity contribution in [1.82, 2.24) is 5.32 Å². The van der Waals surface area contributed by atoms with Gasteiger partial charge in [0.2, 0.25) is 0 Å². The summed E-state index contributed by atoms with van der Waals surface area (Å²) in [6.07, 6.45) is 1.67. The van der Waals surface area contributed by atoms with Gasteiger partial charge in [0.25, 0.3) is 0 Å². The second-order valence-corrected chi connectivity index (χ2v) is 6.02. The number of benzene rings is 1. The van der Waals surface area contributed by atoms with Crippen molar-refractivity contribution in [2.75, 3.05) is 6.54 Å². The molecule has 0 saturated heterocycles. The molecule has 21 heavy (non-hydrogen) atoms. The van der Waals surface area contributed by atoms with Crippen molar-refractivity contribution >= 4 is 23.2 Å². The summed E-state index contributed by atoms with van der Waals surface area (Å²) in [4.78, 5) is 0. The molecule has 0 saturated carbocycles. The number of ether oxygens (including phenoxy) is 1. The van der Waals surface area contributed by atoms with Gasteiger partial charge in [-0.15, -0.1) is 0 Å². The predicted molar refractivity (Wildman–Crippen MR) is 86.0 cm³/mol. The Kier molecular flexibility index (Phi) is 5.97. The SMILES string of the molecule is CC(C)CNCc1ccoc1COc1cccc(Cl)c1Cl. The van der Waals surface area contributed by atoms with E-state index >= 15 is 0 Å². The lowest BCUT2D eigenvalue weighted by atomic mass is 10.2. The molecule has 114 valence electrons. The van der Waals surface area contributed by atoms with Gasteiger partial charge in [0, 0.05) is 12.1 Å². The monoisotopic (exact) mass is 327 g/mol. The Morgan fingerprint density at radius 3 is 2.81 bits per heavy atom. The van der Waals surface area contributed by atoms with Gasteiger partial charge < -0.3 is 14.5 Å². The zero-order valence-electron chi connectivity index (χ0n) is 12.2. The highest BCUT2D eigenvalue weighted by atomic mass is 35.5. The molecule has 0 spiro atoms. The molecule has 1 heterocycles. The van der Waals surface area contributed by atoms with Gasteiger partial charge in [-0.25, -0.2) is 0 Å². The van der Waals surface area contributed by atoms with Gasteiger partial charge >= 0.3 is 0 Å². The maximum absolute atomic E-state index is 6.09. The Bertz CT molecular complexity index is 581. The molecule has 3 nitrogen and oxygen atoms in total. The van der Waals surface area contributed by atoms with Gasteiger partial charge in [-0.3, -0.25) is 0 Å². The Hall–Kier alpha value is -1.16. The van der Waals surface area contributed by atoms with Crippen LogP contribution >= 0.6 is 23.2 Å². The summed E-state index contributed by atoms with van der Waals surface area (Å²) in [6, 6.07) is 7.27. The van der Waals surface area contributed by atoms with Gasteiger partial charge in [0.15, 0.2) is 0 Å². The highest BCUT2D eigenvalue weighted by Gasteiger charge is 2.10. The van der Waals surface area contributed by atoms with E-state index in [2.05, 4.69) is 19.2 Å². The van der Waals surface area contributed by atoms with Crippen LogP contribution in [0.15, 0.2) is 34.9 Å². The summed E-state index contributed by atoms with van der Waals surface area (Å²) >= 11 is 12.1. The van der Waals surface area contributed by atoms with E-state index in [0.717, 1.165) is 24.4 Å². The third-order valence-corrected chi connectivity index (χ3v) is 3.78. The average molecular weight is 328 g/mol. The van der Waals surface area contributed by atoms with Crippen LogP contribution in [0.3, 0.4) is 0 Å². The summed E-state index contributed by atoms with van der Waals surface area (Å²) < 4.78 is 11.2.